The molecule has 66 valence electrons. The number of likely N-dealkylation sites (N-methyl/N-ethyl adjacent to an activating group) is 1. The molecule has 0 saturated heterocycles. The van der Waals surface area contributed by atoms with Crippen LogP contribution >= 0.6 is 0 Å². The molecule has 0 spiro atoms. The fraction of sp³-hybridized carbons (Fsp3) is 0.778. The van der Waals surface area contributed by atoms with Crippen LogP contribution in [0.25, 0.3) is 0 Å². The molecular formula is C9H21N2+. The molecule has 11 heavy (non-hydrogen) atoms. The van der Waals surface area contributed by atoms with E-state index in [1.165, 1.54) is 5.57 Å². The van der Waals surface area contributed by atoms with Gasteiger partial charge >= 0.3 is 0 Å². The van der Waals surface area contributed by atoms with Gasteiger partial charge in [0.2, 0.25) is 0 Å². The fourth-order valence-corrected chi connectivity index (χ4v) is 1.22. The quantitative estimate of drug-likeness (QED) is 0.478. The molecule has 0 aromatic rings. The molecule has 0 aromatic heterocycles. The van der Waals surface area contributed by atoms with Gasteiger partial charge in [-0.1, -0.05) is 5.57 Å². The van der Waals surface area contributed by atoms with Crippen molar-refractivity contribution in [1.82, 2.24) is 0 Å². The molecule has 0 aliphatic rings. The molecule has 0 amide bonds. The van der Waals surface area contributed by atoms with Gasteiger partial charge in [0.15, 0.2) is 0 Å². The molecule has 0 aromatic carbocycles. The topological polar surface area (TPSA) is 26.0 Å². The average Bonchev–Trinajstić information content (AvgIpc) is 1.53. The molecule has 0 aliphatic carbocycles. The first-order valence-corrected chi connectivity index (χ1v) is 4.01. The fourth-order valence-electron chi connectivity index (χ4n) is 1.22. The van der Waals surface area contributed by atoms with Gasteiger partial charge in [0.25, 0.3) is 0 Å². The summed E-state index contributed by atoms with van der Waals surface area (Å²) in [5, 5.41) is 0. The highest BCUT2D eigenvalue weighted by atomic mass is 15.3. The predicted molar refractivity (Wildman–Crippen MR) is 50.3 cm³/mol. The second kappa shape index (κ2) is 3.88. The van der Waals surface area contributed by atoms with Crippen molar-refractivity contribution in [2.75, 3.05) is 27.7 Å². The third-order valence-corrected chi connectivity index (χ3v) is 1.39. The number of hydrogen-bond donors (Lipinski definition) is 1. The van der Waals surface area contributed by atoms with E-state index in [1.807, 2.05) is 6.92 Å². The summed E-state index contributed by atoms with van der Waals surface area (Å²) in [4.78, 5) is 0. The molecule has 2 N–H and O–H groups in total. The number of rotatable bonds is 4. The Bertz CT molecular complexity index is 133. The molecule has 2 heteroatoms. The monoisotopic (exact) mass is 157 g/mol. The first-order chi connectivity index (χ1) is 4.81. The van der Waals surface area contributed by atoms with Gasteiger partial charge in [-0.25, -0.2) is 0 Å². The summed E-state index contributed by atoms with van der Waals surface area (Å²) < 4.78 is 0.925. The zero-order chi connectivity index (χ0) is 9.07. The molecule has 0 bridgehead atoms. The summed E-state index contributed by atoms with van der Waals surface area (Å²) >= 11 is 0. The van der Waals surface area contributed by atoms with E-state index in [1.54, 1.807) is 0 Å². The molecule has 0 rings (SSSR count). The summed E-state index contributed by atoms with van der Waals surface area (Å²) in [6.07, 6.45) is 0.940. The highest BCUT2D eigenvalue weighted by molar-refractivity contribution is 4.91. The lowest BCUT2D eigenvalue weighted by Crippen LogP contribution is -2.44. The second-order valence-electron chi connectivity index (χ2n) is 4.39. The first-order valence-electron chi connectivity index (χ1n) is 4.01. The molecule has 0 fully saturated rings. The van der Waals surface area contributed by atoms with Gasteiger partial charge in [-0.2, -0.15) is 0 Å². The zero-order valence-corrected chi connectivity index (χ0v) is 8.22. The number of hydrogen-bond acceptors (Lipinski definition) is 1. The van der Waals surface area contributed by atoms with Crippen molar-refractivity contribution in [2.24, 2.45) is 5.73 Å². The van der Waals surface area contributed by atoms with Crippen LogP contribution < -0.4 is 5.73 Å². The smallest absolute Gasteiger partial charge is 0.0937 e. The number of nitrogens with zero attached hydrogens (tertiary/aromatic N) is 1. The van der Waals surface area contributed by atoms with Gasteiger partial charge in [0, 0.05) is 0 Å². The van der Waals surface area contributed by atoms with Crippen molar-refractivity contribution in [3.05, 3.63) is 12.2 Å². The van der Waals surface area contributed by atoms with E-state index >= 15 is 0 Å². The van der Waals surface area contributed by atoms with Crippen molar-refractivity contribution in [2.45, 2.75) is 19.4 Å². The van der Waals surface area contributed by atoms with Gasteiger partial charge in [-0.15, -0.1) is 6.58 Å². The number of nitrogens with two attached hydrogens (primary N) is 1. The largest absolute Gasteiger partial charge is 0.330 e. The Morgan fingerprint density at radius 1 is 1.45 bits per heavy atom. The van der Waals surface area contributed by atoms with E-state index in [0.717, 1.165) is 17.4 Å². The van der Waals surface area contributed by atoms with Crippen molar-refractivity contribution in [3.8, 4) is 0 Å². The maximum atomic E-state index is 5.88. The maximum Gasteiger partial charge on any atom is 0.0937 e. The van der Waals surface area contributed by atoms with Crippen LogP contribution in [0.2, 0.25) is 0 Å². The Balaban J connectivity index is 3.69. The van der Waals surface area contributed by atoms with Gasteiger partial charge in [-0.05, 0) is 13.3 Å². The average molecular weight is 157 g/mol. The van der Waals surface area contributed by atoms with Crippen LogP contribution in [-0.2, 0) is 0 Å². The van der Waals surface area contributed by atoms with E-state index in [0.29, 0.717) is 0 Å². The van der Waals surface area contributed by atoms with Crippen LogP contribution in [0.15, 0.2) is 12.2 Å². The van der Waals surface area contributed by atoms with Crippen molar-refractivity contribution < 1.29 is 4.48 Å². The Labute approximate surface area is 70.3 Å². The predicted octanol–water partition coefficient (Wildman–Crippen LogP) is 0.986. The highest BCUT2D eigenvalue weighted by Crippen LogP contribution is 2.02. The summed E-state index contributed by atoms with van der Waals surface area (Å²) in [7, 11) is 6.45. The van der Waals surface area contributed by atoms with E-state index in [9.17, 15) is 0 Å². The lowest BCUT2D eigenvalue weighted by molar-refractivity contribution is -0.871. The van der Waals surface area contributed by atoms with E-state index in [-0.39, 0.29) is 6.04 Å². The van der Waals surface area contributed by atoms with Crippen LogP contribution in [0.3, 0.4) is 0 Å². The summed E-state index contributed by atoms with van der Waals surface area (Å²) in [6.45, 7) is 6.87. The minimum atomic E-state index is 0.257. The van der Waals surface area contributed by atoms with Crippen LogP contribution in [0, 0.1) is 0 Å². The second-order valence-corrected chi connectivity index (χ2v) is 4.39. The van der Waals surface area contributed by atoms with Crippen LogP contribution in [0.5, 0.6) is 0 Å². The summed E-state index contributed by atoms with van der Waals surface area (Å²) in [5.74, 6) is 0. The summed E-state index contributed by atoms with van der Waals surface area (Å²) in [5.41, 5.74) is 7.06. The van der Waals surface area contributed by atoms with Crippen LogP contribution in [0.1, 0.15) is 13.3 Å². The van der Waals surface area contributed by atoms with Gasteiger partial charge in [0.05, 0.1) is 33.7 Å². The Hall–Kier alpha value is -0.340. The molecular weight excluding hydrogens is 136 g/mol. The van der Waals surface area contributed by atoms with Crippen LogP contribution in [-0.4, -0.2) is 38.2 Å². The Morgan fingerprint density at radius 3 is 2.18 bits per heavy atom. The molecule has 1 atom stereocenters. The Kier molecular flexibility index (Phi) is 3.76. The van der Waals surface area contributed by atoms with Gasteiger partial charge in [-0.3, -0.25) is 0 Å². The lowest BCUT2D eigenvalue weighted by atomic mass is 10.1. The maximum absolute atomic E-state index is 5.88. The van der Waals surface area contributed by atoms with E-state index in [4.69, 9.17) is 5.73 Å². The SMILES string of the molecule is C=C(C)CC(N)C[N+](C)(C)C. The van der Waals surface area contributed by atoms with Crippen molar-refractivity contribution >= 4 is 0 Å². The highest BCUT2D eigenvalue weighted by Gasteiger charge is 2.13. The third-order valence-electron chi connectivity index (χ3n) is 1.39. The third kappa shape index (κ3) is 7.56. The molecule has 0 saturated carbocycles. The van der Waals surface area contributed by atoms with Crippen molar-refractivity contribution in [1.29, 1.82) is 0 Å². The molecule has 0 aliphatic heterocycles. The van der Waals surface area contributed by atoms with Crippen LogP contribution in [0.4, 0.5) is 0 Å². The van der Waals surface area contributed by atoms with Gasteiger partial charge < -0.3 is 10.2 Å². The molecule has 1 unspecified atom stereocenters. The lowest BCUT2D eigenvalue weighted by Gasteiger charge is -2.27. The molecule has 2 nitrogen and oxygen atoms in total. The Morgan fingerprint density at radius 2 is 1.91 bits per heavy atom. The van der Waals surface area contributed by atoms with E-state index < -0.39 is 0 Å². The standard InChI is InChI=1S/C9H21N2/c1-8(2)6-9(10)7-11(3,4)5/h9H,1,6-7,10H2,2-5H3/q+1. The molecule has 0 heterocycles. The van der Waals surface area contributed by atoms with Gasteiger partial charge in [0.1, 0.15) is 0 Å². The number of quaternary nitrogens is 1. The zero-order valence-electron chi connectivity index (χ0n) is 8.22. The summed E-state index contributed by atoms with van der Waals surface area (Å²) in [6, 6.07) is 0.257. The minimum absolute atomic E-state index is 0.257. The minimum Gasteiger partial charge on any atom is -0.330 e. The normalized spacial score (nSPS) is 14.6. The van der Waals surface area contributed by atoms with E-state index in [2.05, 4.69) is 27.7 Å². The van der Waals surface area contributed by atoms with Crippen molar-refractivity contribution in [3.63, 3.8) is 0 Å². The molecule has 0 radical (unpaired) electrons. The first kappa shape index (κ1) is 10.7.